The standard InChI is InChI=1S/C16H21BrO3/c1-3-19-16(18)13-9-14(17)15(10-13)20-11(2)12-7-5-4-6-8-12/h4-8,11,13-15H,3,9-10H2,1-2H3. The van der Waals surface area contributed by atoms with Crippen molar-refractivity contribution in [1.82, 2.24) is 0 Å². The first kappa shape index (κ1) is 15.5. The molecule has 1 aromatic carbocycles. The van der Waals surface area contributed by atoms with Crippen LogP contribution in [0.1, 0.15) is 38.4 Å². The van der Waals surface area contributed by atoms with E-state index in [1.807, 2.05) is 32.0 Å². The van der Waals surface area contributed by atoms with Crippen LogP contribution in [-0.4, -0.2) is 23.5 Å². The minimum Gasteiger partial charge on any atom is -0.466 e. The largest absolute Gasteiger partial charge is 0.466 e. The van der Waals surface area contributed by atoms with Crippen molar-refractivity contribution in [3.8, 4) is 0 Å². The fraction of sp³-hybridized carbons (Fsp3) is 0.562. The summed E-state index contributed by atoms with van der Waals surface area (Å²) in [6.45, 7) is 4.32. The van der Waals surface area contributed by atoms with Crippen molar-refractivity contribution in [3.63, 3.8) is 0 Å². The number of carbonyl (C=O) groups is 1. The van der Waals surface area contributed by atoms with Crippen molar-refractivity contribution in [2.24, 2.45) is 5.92 Å². The Morgan fingerprint density at radius 2 is 2.05 bits per heavy atom. The van der Waals surface area contributed by atoms with E-state index in [4.69, 9.17) is 9.47 Å². The maximum atomic E-state index is 11.8. The lowest BCUT2D eigenvalue weighted by molar-refractivity contribution is -0.148. The lowest BCUT2D eigenvalue weighted by atomic mass is 10.1. The highest BCUT2D eigenvalue weighted by Crippen LogP contribution is 2.36. The Morgan fingerprint density at radius 1 is 1.35 bits per heavy atom. The molecule has 1 saturated carbocycles. The number of esters is 1. The molecule has 1 aliphatic rings. The molecule has 1 fully saturated rings. The van der Waals surface area contributed by atoms with Crippen molar-refractivity contribution in [2.75, 3.05) is 6.61 Å². The average molecular weight is 341 g/mol. The Balaban J connectivity index is 1.92. The maximum Gasteiger partial charge on any atom is 0.309 e. The van der Waals surface area contributed by atoms with E-state index in [0.717, 1.165) is 18.4 Å². The van der Waals surface area contributed by atoms with Gasteiger partial charge in [-0.05, 0) is 32.3 Å². The minimum atomic E-state index is -0.101. The molecule has 110 valence electrons. The molecular formula is C16H21BrO3. The van der Waals surface area contributed by atoms with Crippen LogP contribution in [-0.2, 0) is 14.3 Å². The van der Waals surface area contributed by atoms with Gasteiger partial charge in [0.2, 0.25) is 0 Å². The number of carbonyl (C=O) groups excluding carboxylic acids is 1. The van der Waals surface area contributed by atoms with E-state index in [-0.39, 0.29) is 28.9 Å². The van der Waals surface area contributed by atoms with Gasteiger partial charge in [0, 0.05) is 4.83 Å². The number of hydrogen-bond donors (Lipinski definition) is 0. The quantitative estimate of drug-likeness (QED) is 0.602. The SMILES string of the molecule is CCOC(=O)C1CC(Br)C(OC(C)c2ccccc2)C1. The van der Waals surface area contributed by atoms with Crippen LogP contribution in [0.25, 0.3) is 0 Å². The summed E-state index contributed by atoms with van der Waals surface area (Å²) in [5, 5.41) is 0. The van der Waals surface area contributed by atoms with Gasteiger partial charge in [-0.25, -0.2) is 0 Å². The molecule has 0 spiro atoms. The number of rotatable bonds is 5. The second kappa shape index (κ2) is 7.23. The molecule has 1 aromatic rings. The number of benzene rings is 1. The summed E-state index contributed by atoms with van der Waals surface area (Å²) in [5.74, 6) is -0.150. The molecule has 0 bridgehead atoms. The van der Waals surface area contributed by atoms with Crippen molar-refractivity contribution < 1.29 is 14.3 Å². The Hall–Kier alpha value is -0.870. The van der Waals surface area contributed by atoms with E-state index in [1.165, 1.54) is 0 Å². The van der Waals surface area contributed by atoms with Gasteiger partial charge in [-0.2, -0.15) is 0 Å². The molecular weight excluding hydrogens is 320 g/mol. The van der Waals surface area contributed by atoms with E-state index in [2.05, 4.69) is 28.1 Å². The molecule has 4 unspecified atom stereocenters. The van der Waals surface area contributed by atoms with Gasteiger partial charge in [0.1, 0.15) is 0 Å². The van der Waals surface area contributed by atoms with E-state index < -0.39 is 0 Å². The van der Waals surface area contributed by atoms with Crippen LogP contribution in [0.3, 0.4) is 0 Å². The van der Waals surface area contributed by atoms with Crippen LogP contribution >= 0.6 is 15.9 Å². The summed E-state index contributed by atoms with van der Waals surface area (Å²) < 4.78 is 11.2. The first-order valence-corrected chi connectivity index (χ1v) is 8.04. The number of alkyl halides is 1. The van der Waals surface area contributed by atoms with E-state index in [9.17, 15) is 4.79 Å². The lowest BCUT2D eigenvalue weighted by Gasteiger charge is -2.21. The molecule has 3 nitrogen and oxygen atoms in total. The zero-order chi connectivity index (χ0) is 14.5. The maximum absolute atomic E-state index is 11.8. The fourth-order valence-corrected chi connectivity index (χ4v) is 3.40. The van der Waals surface area contributed by atoms with E-state index >= 15 is 0 Å². The monoisotopic (exact) mass is 340 g/mol. The molecule has 0 saturated heterocycles. The normalized spacial score (nSPS) is 27.2. The molecule has 0 amide bonds. The second-order valence-corrected chi connectivity index (χ2v) is 6.34. The Bertz CT molecular complexity index is 435. The van der Waals surface area contributed by atoms with Crippen LogP contribution in [0.2, 0.25) is 0 Å². The summed E-state index contributed by atoms with van der Waals surface area (Å²) in [7, 11) is 0. The molecule has 0 radical (unpaired) electrons. The molecule has 1 aliphatic carbocycles. The highest BCUT2D eigenvalue weighted by molar-refractivity contribution is 9.09. The average Bonchev–Trinajstić information content (AvgIpc) is 2.81. The third kappa shape index (κ3) is 3.83. The Kier molecular flexibility index (Phi) is 5.61. The van der Waals surface area contributed by atoms with Gasteiger partial charge in [0.15, 0.2) is 0 Å². The number of halogens is 1. The van der Waals surface area contributed by atoms with Gasteiger partial charge in [-0.15, -0.1) is 0 Å². The molecule has 2 rings (SSSR count). The van der Waals surface area contributed by atoms with Gasteiger partial charge < -0.3 is 9.47 Å². The first-order chi connectivity index (χ1) is 9.61. The summed E-state index contributed by atoms with van der Waals surface area (Å²) in [4.78, 5) is 12.0. The summed E-state index contributed by atoms with van der Waals surface area (Å²) in [5.41, 5.74) is 1.16. The minimum absolute atomic E-state index is 0.0298. The molecule has 4 atom stereocenters. The molecule has 0 heterocycles. The third-order valence-corrected chi connectivity index (χ3v) is 4.66. The van der Waals surface area contributed by atoms with Crippen LogP contribution < -0.4 is 0 Å². The van der Waals surface area contributed by atoms with Gasteiger partial charge in [-0.3, -0.25) is 4.79 Å². The predicted octanol–water partition coefficient (Wildman–Crippen LogP) is 3.87. The summed E-state index contributed by atoms with van der Waals surface area (Å²) in [6, 6.07) is 10.1. The van der Waals surface area contributed by atoms with E-state index in [0.29, 0.717) is 6.61 Å². The highest BCUT2D eigenvalue weighted by atomic mass is 79.9. The van der Waals surface area contributed by atoms with Gasteiger partial charge in [0.05, 0.1) is 24.7 Å². The fourth-order valence-electron chi connectivity index (χ4n) is 2.61. The number of hydrogen-bond acceptors (Lipinski definition) is 3. The third-order valence-electron chi connectivity index (χ3n) is 3.70. The summed E-state index contributed by atoms with van der Waals surface area (Å²) in [6.07, 6.45) is 1.60. The number of ether oxygens (including phenoxy) is 2. The van der Waals surface area contributed by atoms with Crippen LogP contribution in [0.4, 0.5) is 0 Å². The molecule has 4 heteroatoms. The zero-order valence-corrected chi connectivity index (χ0v) is 13.5. The van der Waals surface area contributed by atoms with Gasteiger partial charge >= 0.3 is 5.97 Å². The highest BCUT2D eigenvalue weighted by Gasteiger charge is 2.38. The van der Waals surface area contributed by atoms with Gasteiger partial charge in [0.25, 0.3) is 0 Å². The van der Waals surface area contributed by atoms with Crippen LogP contribution in [0.5, 0.6) is 0 Å². The Morgan fingerprint density at radius 3 is 2.70 bits per heavy atom. The van der Waals surface area contributed by atoms with Crippen molar-refractivity contribution in [1.29, 1.82) is 0 Å². The molecule has 20 heavy (non-hydrogen) atoms. The first-order valence-electron chi connectivity index (χ1n) is 7.13. The molecule has 0 N–H and O–H groups in total. The zero-order valence-electron chi connectivity index (χ0n) is 11.9. The van der Waals surface area contributed by atoms with Crippen molar-refractivity contribution >= 4 is 21.9 Å². The molecule has 0 aliphatic heterocycles. The second-order valence-electron chi connectivity index (χ2n) is 5.16. The lowest BCUT2D eigenvalue weighted by Crippen LogP contribution is -2.20. The van der Waals surface area contributed by atoms with Crippen LogP contribution in [0.15, 0.2) is 30.3 Å². The predicted molar refractivity (Wildman–Crippen MR) is 81.8 cm³/mol. The molecule has 0 aromatic heterocycles. The Labute approximate surface area is 128 Å². The van der Waals surface area contributed by atoms with Crippen molar-refractivity contribution in [2.45, 2.75) is 43.7 Å². The van der Waals surface area contributed by atoms with Crippen LogP contribution in [0, 0.1) is 5.92 Å². The van der Waals surface area contributed by atoms with Gasteiger partial charge in [-0.1, -0.05) is 46.3 Å². The smallest absolute Gasteiger partial charge is 0.309 e. The topological polar surface area (TPSA) is 35.5 Å². The van der Waals surface area contributed by atoms with Crippen molar-refractivity contribution in [3.05, 3.63) is 35.9 Å². The summed E-state index contributed by atoms with van der Waals surface area (Å²) >= 11 is 3.63. The van der Waals surface area contributed by atoms with E-state index in [1.54, 1.807) is 0 Å².